The van der Waals surface area contributed by atoms with Crippen molar-refractivity contribution in [2.75, 3.05) is 20.8 Å². The molecular formula is C41H42BrClN6O6. The van der Waals surface area contributed by atoms with Crippen LogP contribution in [0, 0.1) is 5.41 Å². The zero-order valence-electron chi connectivity index (χ0n) is 31.1. The number of aliphatic imine (C=N–C) groups is 1. The molecule has 5 aromatic rings. The van der Waals surface area contributed by atoms with Crippen LogP contribution in [0.25, 0.3) is 11.4 Å². The number of aliphatic hydroxyl groups is 1. The second kappa shape index (κ2) is 16.6. The molecule has 0 spiro atoms. The lowest BCUT2D eigenvalue weighted by Gasteiger charge is -2.34. The maximum atomic E-state index is 15.1. The molecule has 1 aliphatic heterocycles. The Balaban J connectivity index is 1.36. The van der Waals surface area contributed by atoms with Crippen LogP contribution in [0.4, 0.5) is 4.79 Å². The molecule has 12 nitrogen and oxygen atoms in total. The van der Waals surface area contributed by atoms with E-state index in [4.69, 9.17) is 35.9 Å². The first kappa shape index (κ1) is 39.5. The number of halogens is 2. The third-order valence-corrected chi connectivity index (χ3v) is 9.95. The molecule has 1 aliphatic rings. The van der Waals surface area contributed by atoms with E-state index >= 15 is 4.79 Å². The van der Waals surface area contributed by atoms with Crippen LogP contribution < -0.4 is 14.8 Å². The van der Waals surface area contributed by atoms with Crippen molar-refractivity contribution in [2.24, 2.45) is 10.4 Å². The van der Waals surface area contributed by atoms with Crippen molar-refractivity contribution in [3.8, 4) is 22.9 Å². The predicted molar refractivity (Wildman–Crippen MR) is 213 cm³/mol. The molecule has 0 aliphatic carbocycles. The highest BCUT2D eigenvalue weighted by atomic mass is 79.9. The van der Waals surface area contributed by atoms with Crippen molar-refractivity contribution in [1.82, 2.24) is 25.0 Å². The third-order valence-electron chi connectivity index (χ3n) is 9.10. The maximum absolute atomic E-state index is 15.1. The summed E-state index contributed by atoms with van der Waals surface area (Å²) in [5.41, 5.74) is 1.45. The summed E-state index contributed by atoms with van der Waals surface area (Å²) in [5.74, 6) is 1.16. The molecule has 286 valence electrons. The van der Waals surface area contributed by atoms with E-state index in [0.29, 0.717) is 52.0 Å². The van der Waals surface area contributed by atoms with Crippen LogP contribution in [-0.4, -0.2) is 63.6 Å². The number of guanidine groups is 1. The smallest absolute Gasteiger partial charge is 0.414 e. The summed E-state index contributed by atoms with van der Waals surface area (Å²) >= 11 is 10.2. The molecule has 1 aromatic heterocycles. The van der Waals surface area contributed by atoms with E-state index in [2.05, 4.69) is 26.2 Å². The van der Waals surface area contributed by atoms with Gasteiger partial charge in [0.05, 0.1) is 38.4 Å². The number of aromatic nitrogens is 3. The monoisotopic (exact) mass is 828 g/mol. The quantitative estimate of drug-likeness (QED) is 0.129. The molecule has 0 unspecified atom stereocenters. The first-order valence-electron chi connectivity index (χ1n) is 17.5. The number of rotatable bonds is 12. The second-order valence-corrected chi connectivity index (χ2v) is 15.6. The van der Waals surface area contributed by atoms with Crippen LogP contribution in [-0.2, 0) is 28.2 Å². The number of aliphatic hydroxyl groups excluding tert-OH is 1. The molecule has 2 amide bonds. The van der Waals surface area contributed by atoms with Gasteiger partial charge in [0, 0.05) is 21.7 Å². The van der Waals surface area contributed by atoms with E-state index in [1.807, 2.05) is 87.5 Å². The van der Waals surface area contributed by atoms with E-state index in [1.165, 1.54) is 4.90 Å². The van der Waals surface area contributed by atoms with E-state index in [-0.39, 0.29) is 18.0 Å². The van der Waals surface area contributed by atoms with Crippen LogP contribution in [0.15, 0.2) is 107 Å². The van der Waals surface area contributed by atoms with Gasteiger partial charge < -0.3 is 19.3 Å². The Labute approximate surface area is 333 Å². The zero-order chi connectivity index (χ0) is 39.3. The molecule has 0 fully saturated rings. The number of alkyl carbamates (subject to hydrolysis) is 1. The fraction of sp³-hybridized carbons (Fsp3) is 0.293. The molecule has 55 heavy (non-hydrogen) atoms. The predicted octanol–water partition coefficient (Wildman–Crippen LogP) is 7.92. The van der Waals surface area contributed by atoms with Gasteiger partial charge >= 0.3 is 6.09 Å². The van der Waals surface area contributed by atoms with Crippen molar-refractivity contribution < 1.29 is 28.9 Å². The van der Waals surface area contributed by atoms with E-state index in [9.17, 15) is 9.90 Å². The highest BCUT2D eigenvalue weighted by Gasteiger charge is 2.54. The molecule has 2 heterocycles. The minimum absolute atomic E-state index is 0.00259. The SMILES string of the molecule is COc1ccc(Cn2cnc(-c3cc([C@@H](CO)N4C(=O)[C@@](CC(C)(C)C)(c5ccc(Br)cc5)N=C4NC(=O)OCc4ccccc4)ccc3Cl)n2)c(OC)c1. The summed E-state index contributed by atoms with van der Waals surface area (Å²) in [6.07, 6.45) is 1.08. The summed E-state index contributed by atoms with van der Waals surface area (Å²) in [4.78, 5) is 39.3. The van der Waals surface area contributed by atoms with Gasteiger partial charge in [-0.1, -0.05) is 96.8 Å². The summed E-state index contributed by atoms with van der Waals surface area (Å²) in [7, 11) is 3.18. The van der Waals surface area contributed by atoms with Crippen molar-refractivity contribution in [2.45, 2.75) is 51.9 Å². The number of nitrogens with one attached hydrogen (secondary N) is 1. The van der Waals surface area contributed by atoms with E-state index in [1.54, 1.807) is 49.5 Å². The van der Waals surface area contributed by atoms with Gasteiger partial charge in [-0.05, 0) is 64.9 Å². The normalized spacial score (nSPS) is 16.1. The standard InChI is InChI=1S/C41H42BrClN6O6/c1-40(2,3)24-41(29-13-15-30(42)16-14-29)37(51)49(38(46-41)45-39(52)55-23-26-9-7-6-8-10-26)34(22-50)27-12-18-33(43)32(19-27)36-44-25-48(47-36)21-28-11-17-31(53-4)20-35(28)54-5/h6-20,25,34,50H,21-24H2,1-5H3,(H,45,46,52)/t34-,41-/m1/s1. The number of hydrogen-bond acceptors (Lipinski definition) is 9. The molecule has 0 saturated carbocycles. The first-order valence-corrected chi connectivity index (χ1v) is 18.7. The van der Waals surface area contributed by atoms with Crippen molar-refractivity contribution in [3.05, 3.63) is 129 Å². The summed E-state index contributed by atoms with van der Waals surface area (Å²) in [6, 6.07) is 26.3. The van der Waals surface area contributed by atoms with Gasteiger partial charge in [0.2, 0.25) is 5.96 Å². The molecular weight excluding hydrogens is 788 g/mol. The number of nitrogens with zero attached hydrogens (tertiary/aromatic N) is 5. The molecule has 2 atom stereocenters. The van der Waals surface area contributed by atoms with Crippen LogP contribution in [0.3, 0.4) is 0 Å². The Hall–Kier alpha value is -5.24. The minimum Gasteiger partial charge on any atom is -0.497 e. The number of amides is 2. The van der Waals surface area contributed by atoms with Crippen LogP contribution in [0.1, 0.15) is 55.5 Å². The largest absolute Gasteiger partial charge is 0.497 e. The molecule has 4 aromatic carbocycles. The highest BCUT2D eigenvalue weighted by Crippen LogP contribution is 2.45. The molecule has 2 N–H and O–H groups in total. The van der Waals surface area contributed by atoms with Gasteiger partial charge in [0.15, 0.2) is 11.4 Å². The Kier molecular flexibility index (Phi) is 11.9. The van der Waals surface area contributed by atoms with E-state index < -0.39 is 30.2 Å². The second-order valence-electron chi connectivity index (χ2n) is 14.3. The number of carbonyl (C=O) groups is 2. The summed E-state index contributed by atoms with van der Waals surface area (Å²) in [5, 5.41) is 18.9. The molecule has 6 rings (SSSR count). The van der Waals surface area contributed by atoms with Crippen molar-refractivity contribution in [1.29, 1.82) is 0 Å². The average molecular weight is 830 g/mol. The summed E-state index contributed by atoms with van der Waals surface area (Å²) < 4.78 is 18.9. The lowest BCUT2D eigenvalue weighted by molar-refractivity contribution is -0.135. The maximum Gasteiger partial charge on any atom is 0.414 e. The van der Waals surface area contributed by atoms with Gasteiger partial charge in [-0.3, -0.25) is 15.0 Å². The van der Waals surface area contributed by atoms with Gasteiger partial charge in [-0.15, -0.1) is 0 Å². The van der Waals surface area contributed by atoms with E-state index in [0.717, 1.165) is 15.6 Å². The lowest BCUT2D eigenvalue weighted by Crippen LogP contribution is -2.49. The Morgan fingerprint density at radius 1 is 1.00 bits per heavy atom. The van der Waals surface area contributed by atoms with Gasteiger partial charge in [-0.25, -0.2) is 19.5 Å². The molecule has 0 saturated heterocycles. The molecule has 14 heteroatoms. The molecule has 0 radical (unpaired) electrons. The number of hydrogen-bond donors (Lipinski definition) is 2. The van der Waals surface area contributed by atoms with Crippen LogP contribution in [0.2, 0.25) is 5.02 Å². The van der Waals surface area contributed by atoms with Crippen molar-refractivity contribution >= 4 is 45.5 Å². The Morgan fingerprint density at radius 3 is 2.42 bits per heavy atom. The Bertz CT molecular complexity index is 2190. The number of carbonyl (C=O) groups excluding carboxylic acids is 2. The topological polar surface area (TPSA) is 140 Å². The zero-order valence-corrected chi connectivity index (χ0v) is 33.5. The van der Waals surface area contributed by atoms with Gasteiger partial charge in [0.25, 0.3) is 5.91 Å². The fourth-order valence-electron chi connectivity index (χ4n) is 6.61. The summed E-state index contributed by atoms with van der Waals surface area (Å²) in [6.45, 7) is 5.90. The lowest BCUT2D eigenvalue weighted by atomic mass is 9.75. The van der Waals surface area contributed by atoms with Crippen LogP contribution in [0.5, 0.6) is 11.5 Å². The average Bonchev–Trinajstić information content (AvgIpc) is 3.73. The third kappa shape index (κ3) is 8.85. The van der Waals surface area contributed by atoms with Gasteiger partial charge in [-0.2, -0.15) is 5.10 Å². The number of methoxy groups -OCH3 is 2. The first-order chi connectivity index (χ1) is 26.3. The number of ether oxygens (including phenoxy) is 3. The van der Waals surface area contributed by atoms with Crippen molar-refractivity contribution in [3.63, 3.8) is 0 Å². The highest BCUT2D eigenvalue weighted by molar-refractivity contribution is 9.10. The number of benzene rings is 4. The molecule has 0 bridgehead atoms. The fourth-order valence-corrected chi connectivity index (χ4v) is 7.08. The Morgan fingerprint density at radius 2 is 1.75 bits per heavy atom. The van der Waals surface area contributed by atoms with Crippen LogP contribution >= 0.6 is 27.5 Å². The minimum atomic E-state index is -1.44. The van der Waals surface area contributed by atoms with Gasteiger partial charge in [0.1, 0.15) is 24.4 Å².